The molecule has 0 aliphatic rings. The quantitative estimate of drug-likeness (QED) is 0.120. The van der Waals surface area contributed by atoms with Crippen molar-refractivity contribution < 1.29 is 37.6 Å². The van der Waals surface area contributed by atoms with Gasteiger partial charge in [-0.3, -0.25) is 19.6 Å². The number of amides is 2. The van der Waals surface area contributed by atoms with Gasteiger partial charge in [0.25, 0.3) is 21.9 Å². The lowest BCUT2D eigenvalue weighted by Crippen LogP contribution is -2.38. The second-order valence-corrected chi connectivity index (χ2v) is 10.8. The third-order valence-electron chi connectivity index (χ3n) is 5.11. The lowest BCUT2D eigenvalue weighted by molar-refractivity contribution is 0.0689. The van der Waals surface area contributed by atoms with E-state index in [1.54, 1.807) is 62.4 Å². The molecule has 13 heteroatoms. The predicted molar refractivity (Wildman–Crippen MR) is 150 cm³/mol. The summed E-state index contributed by atoms with van der Waals surface area (Å²) in [5.74, 6) is -2.33. The van der Waals surface area contributed by atoms with Crippen LogP contribution in [0.25, 0.3) is 11.1 Å². The number of nitrogen functional groups attached to an aromatic ring is 1. The van der Waals surface area contributed by atoms with Gasteiger partial charge in [0.05, 0.1) is 17.4 Å². The molecule has 0 aliphatic heterocycles. The van der Waals surface area contributed by atoms with E-state index in [4.69, 9.17) is 15.7 Å². The average Bonchev–Trinajstić information content (AvgIpc) is 2.85. The number of amidine groups is 1. The van der Waals surface area contributed by atoms with Crippen LogP contribution in [-0.4, -0.2) is 65.2 Å². The molecule has 40 heavy (non-hydrogen) atoms. The van der Waals surface area contributed by atoms with Crippen LogP contribution in [0.4, 0.5) is 5.69 Å². The minimum Gasteiger partial charge on any atom is -0.478 e. The molecule has 0 spiro atoms. The maximum absolute atomic E-state index is 13.0. The number of hydrogen-bond donors (Lipinski definition) is 7. The molecule has 3 aromatic rings. The molecule has 12 nitrogen and oxygen atoms in total. The number of benzene rings is 3. The van der Waals surface area contributed by atoms with E-state index in [2.05, 4.69) is 10.6 Å². The van der Waals surface area contributed by atoms with E-state index >= 15 is 0 Å². The normalized spacial score (nSPS) is 11.0. The van der Waals surface area contributed by atoms with Crippen LogP contribution in [0.1, 0.15) is 50.5 Å². The predicted octanol–water partition coefficient (Wildman–Crippen LogP) is 2.59. The van der Waals surface area contributed by atoms with Gasteiger partial charge < -0.3 is 26.6 Å². The van der Waals surface area contributed by atoms with Crippen molar-refractivity contribution in [1.82, 2.24) is 5.32 Å². The van der Waals surface area contributed by atoms with Gasteiger partial charge in [-0.15, -0.1) is 0 Å². The smallest absolute Gasteiger partial charge is 0.336 e. The molecule has 0 saturated carbocycles. The maximum atomic E-state index is 13.0. The fourth-order valence-corrected chi connectivity index (χ4v) is 3.34. The third kappa shape index (κ3) is 9.94. The summed E-state index contributed by atoms with van der Waals surface area (Å²) in [4.78, 5) is 37.6. The van der Waals surface area contributed by atoms with Crippen molar-refractivity contribution in [2.45, 2.75) is 19.4 Å². The summed E-state index contributed by atoms with van der Waals surface area (Å²) in [6.07, 6.45) is 0.715. The number of nitrogens with two attached hydrogens (primary N) is 1. The van der Waals surface area contributed by atoms with Crippen LogP contribution in [0, 0.1) is 5.41 Å². The van der Waals surface area contributed by atoms with Crippen LogP contribution in [0.5, 0.6) is 0 Å². The summed E-state index contributed by atoms with van der Waals surface area (Å²) in [5.41, 5.74) is 6.19. The summed E-state index contributed by atoms with van der Waals surface area (Å²) < 4.78 is 25.9. The van der Waals surface area contributed by atoms with Crippen LogP contribution >= 0.6 is 0 Å². The van der Waals surface area contributed by atoms with E-state index < -0.39 is 33.5 Å². The zero-order valence-electron chi connectivity index (χ0n) is 21.9. The standard InChI is InChI=1S/C26H26N4O5.CH4O3S/c1-26(2,35)14-29-23(31)16-9-12-19(21(13-16)25(33)34)18-5-3-4-6-20(18)24(32)30-17-10-7-15(8-11-17)22(27)28;1-5(2,3)4/h3-13,35H,14H2,1-2H3,(H3,27,28)(H,29,31)(H,30,32)(H,33,34);1H3,(H,2,3,4). The molecule has 0 aromatic heterocycles. The van der Waals surface area contributed by atoms with Gasteiger partial charge >= 0.3 is 5.97 Å². The Morgan fingerprint density at radius 2 is 1.43 bits per heavy atom. The van der Waals surface area contributed by atoms with Crippen LogP contribution < -0.4 is 16.4 Å². The Bertz CT molecular complexity index is 1520. The van der Waals surface area contributed by atoms with E-state index in [1.807, 2.05) is 0 Å². The fraction of sp³-hybridized carbons (Fsp3) is 0.185. The molecule has 0 saturated heterocycles. The summed E-state index contributed by atoms with van der Waals surface area (Å²) in [5, 5.41) is 32.4. The summed E-state index contributed by atoms with van der Waals surface area (Å²) in [7, 11) is -3.67. The first-order valence-electron chi connectivity index (χ1n) is 11.6. The van der Waals surface area contributed by atoms with Crippen molar-refractivity contribution in [2.24, 2.45) is 5.73 Å². The number of rotatable bonds is 8. The first-order valence-corrected chi connectivity index (χ1v) is 13.5. The van der Waals surface area contributed by atoms with Gasteiger partial charge in [-0.25, -0.2) is 4.79 Å². The van der Waals surface area contributed by atoms with Crippen molar-refractivity contribution >= 4 is 39.4 Å². The molecule has 3 rings (SSSR count). The molecular formula is C27H30N4O8S. The molecule has 2 amide bonds. The molecular weight excluding hydrogens is 540 g/mol. The van der Waals surface area contributed by atoms with Gasteiger partial charge in [0.15, 0.2) is 0 Å². The third-order valence-corrected chi connectivity index (χ3v) is 5.11. The largest absolute Gasteiger partial charge is 0.478 e. The Kier molecular flexibility index (Phi) is 10.3. The molecule has 0 bridgehead atoms. The lowest BCUT2D eigenvalue weighted by Gasteiger charge is -2.18. The summed E-state index contributed by atoms with van der Waals surface area (Å²) in [6, 6.07) is 17.2. The monoisotopic (exact) mass is 570 g/mol. The van der Waals surface area contributed by atoms with Crippen molar-refractivity contribution in [3.05, 3.63) is 89.0 Å². The van der Waals surface area contributed by atoms with Crippen LogP contribution in [0.15, 0.2) is 66.7 Å². The highest BCUT2D eigenvalue weighted by Gasteiger charge is 2.21. The highest BCUT2D eigenvalue weighted by molar-refractivity contribution is 7.85. The van der Waals surface area contributed by atoms with E-state index in [0.717, 1.165) is 0 Å². The van der Waals surface area contributed by atoms with Gasteiger partial charge in [0.2, 0.25) is 0 Å². The lowest BCUT2D eigenvalue weighted by atomic mass is 9.93. The van der Waals surface area contributed by atoms with Crippen LogP contribution in [-0.2, 0) is 10.1 Å². The number of carboxylic acids is 1. The molecule has 0 unspecified atom stereocenters. The number of hydrogen-bond acceptors (Lipinski definition) is 7. The Labute approximate surface area is 231 Å². The van der Waals surface area contributed by atoms with Crippen LogP contribution in [0.2, 0.25) is 0 Å². The van der Waals surface area contributed by atoms with Gasteiger partial charge in [-0.05, 0) is 67.4 Å². The van der Waals surface area contributed by atoms with Crippen LogP contribution in [0.3, 0.4) is 0 Å². The number of aromatic carboxylic acids is 1. The minimum atomic E-state index is -3.67. The maximum Gasteiger partial charge on any atom is 0.336 e. The highest BCUT2D eigenvalue weighted by Crippen LogP contribution is 2.29. The molecule has 8 N–H and O–H groups in total. The van der Waals surface area contributed by atoms with Crippen molar-refractivity contribution in [1.29, 1.82) is 5.41 Å². The van der Waals surface area contributed by atoms with Gasteiger partial charge in [0.1, 0.15) is 5.84 Å². The second-order valence-electron chi connectivity index (χ2n) is 9.28. The number of carbonyl (C=O) groups excluding carboxylic acids is 2. The number of carboxylic acid groups (broad SMARTS) is 1. The van der Waals surface area contributed by atoms with E-state index in [0.29, 0.717) is 23.1 Å². The van der Waals surface area contributed by atoms with Gasteiger partial charge in [-0.2, -0.15) is 8.42 Å². The Balaban J connectivity index is 0.00000103. The highest BCUT2D eigenvalue weighted by atomic mass is 32.2. The van der Waals surface area contributed by atoms with Gasteiger partial charge in [0, 0.05) is 28.9 Å². The molecule has 0 aliphatic carbocycles. The molecule has 0 heterocycles. The van der Waals surface area contributed by atoms with Crippen molar-refractivity contribution in [3.63, 3.8) is 0 Å². The fourth-order valence-electron chi connectivity index (χ4n) is 3.34. The zero-order chi connectivity index (χ0) is 30.3. The Morgan fingerprint density at radius 1 is 0.900 bits per heavy atom. The summed E-state index contributed by atoms with van der Waals surface area (Å²) in [6.45, 7) is 3.07. The Morgan fingerprint density at radius 3 is 1.95 bits per heavy atom. The first-order chi connectivity index (χ1) is 18.5. The minimum absolute atomic E-state index is 0.00755. The number of carbonyl (C=O) groups is 3. The van der Waals surface area contributed by atoms with E-state index in [9.17, 15) is 33.0 Å². The molecule has 0 atom stereocenters. The second kappa shape index (κ2) is 13.0. The number of anilines is 1. The number of aliphatic hydroxyl groups is 1. The number of nitrogens with one attached hydrogen (secondary N) is 3. The van der Waals surface area contributed by atoms with Gasteiger partial charge in [-0.1, -0.05) is 24.3 Å². The average molecular weight is 571 g/mol. The molecule has 0 radical (unpaired) electrons. The van der Waals surface area contributed by atoms with Crippen molar-refractivity contribution in [3.8, 4) is 11.1 Å². The zero-order valence-corrected chi connectivity index (χ0v) is 22.7. The Hall–Kier alpha value is -4.59. The first kappa shape index (κ1) is 31.6. The molecule has 0 fully saturated rings. The topological polar surface area (TPSA) is 220 Å². The molecule has 212 valence electrons. The van der Waals surface area contributed by atoms with E-state index in [-0.39, 0.29) is 34.6 Å². The van der Waals surface area contributed by atoms with E-state index in [1.165, 1.54) is 18.2 Å². The summed E-state index contributed by atoms with van der Waals surface area (Å²) >= 11 is 0. The SMILES string of the molecule is CC(C)(O)CNC(=O)c1ccc(-c2ccccc2C(=O)Nc2ccc(C(=N)N)cc2)c(C(=O)O)c1.CS(=O)(=O)O. The molecule has 3 aromatic carbocycles. The van der Waals surface area contributed by atoms with Crippen molar-refractivity contribution in [2.75, 3.05) is 18.1 Å².